The number of aromatic nitrogens is 3. The molecule has 1 unspecified atom stereocenters. The number of hydrogen-bond donors (Lipinski definition) is 0. The lowest BCUT2D eigenvalue weighted by Crippen LogP contribution is -2.49. The van der Waals surface area contributed by atoms with Gasteiger partial charge in [0.25, 0.3) is 5.91 Å². The number of rotatable bonds is 3. The highest BCUT2D eigenvalue weighted by Gasteiger charge is 2.29. The topological polar surface area (TPSA) is 78.6 Å². The predicted molar refractivity (Wildman–Crippen MR) is 108 cm³/mol. The van der Waals surface area contributed by atoms with E-state index in [4.69, 9.17) is 9.40 Å². The molecule has 3 aromatic rings. The van der Waals surface area contributed by atoms with Crippen molar-refractivity contribution in [3.63, 3.8) is 0 Å². The zero-order valence-corrected chi connectivity index (χ0v) is 16.2. The summed E-state index contributed by atoms with van der Waals surface area (Å²) in [6.07, 6.45) is 4.23. The van der Waals surface area contributed by atoms with Gasteiger partial charge in [-0.15, -0.1) is 5.10 Å². The van der Waals surface area contributed by atoms with Gasteiger partial charge in [-0.3, -0.25) is 4.79 Å². The maximum Gasteiger partial charge on any atom is 0.289 e. The summed E-state index contributed by atoms with van der Waals surface area (Å²) in [6, 6.07) is 12.2. The Morgan fingerprint density at radius 3 is 2.72 bits per heavy atom. The molecule has 0 bridgehead atoms. The first-order chi connectivity index (χ1) is 14.2. The first kappa shape index (κ1) is 17.7. The summed E-state index contributed by atoms with van der Waals surface area (Å²) in [5.74, 6) is 1.70. The molecule has 1 atom stereocenters. The van der Waals surface area contributed by atoms with Crippen LogP contribution in [0.3, 0.4) is 0 Å². The molecule has 2 aliphatic rings. The van der Waals surface area contributed by atoms with Crippen LogP contribution in [0.5, 0.6) is 0 Å². The molecule has 0 radical (unpaired) electrons. The van der Waals surface area contributed by atoms with Gasteiger partial charge in [-0.1, -0.05) is 18.2 Å². The van der Waals surface area contributed by atoms with Crippen LogP contribution < -0.4 is 9.80 Å². The summed E-state index contributed by atoms with van der Waals surface area (Å²) in [4.78, 5) is 23.4. The smallest absolute Gasteiger partial charge is 0.289 e. The molecule has 1 saturated heterocycles. The van der Waals surface area contributed by atoms with Crippen molar-refractivity contribution in [1.82, 2.24) is 20.1 Å². The van der Waals surface area contributed by atoms with Crippen molar-refractivity contribution in [2.75, 3.05) is 36.0 Å². The molecule has 0 aliphatic carbocycles. The molecule has 148 valence electrons. The van der Waals surface area contributed by atoms with Crippen LogP contribution in [0.15, 0.2) is 53.3 Å². The van der Waals surface area contributed by atoms with Gasteiger partial charge >= 0.3 is 0 Å². The second-order valence-electron chi connectivity index (χ2n) is 7.42. The number of carbonyl (C=O) groups excluding carboxylic acids is 1. The van der Waals surface area contributed by atoms with Crippen molar-refractivity contribution < 1.29 is 9.21 Å². The van der Waals surface area contributed by atoms with E-state index in [9.17, 15) is 4.79 Å². The molecule has 0 saturated carbocycles. The molecule has 4 heterocycles. The molecule has 5 rings (SSSR count). The van der Waals surface area contributed by atoms with E-state index in [2.05, 4.69) is 51.2 Å². The summed E-state index contributed by atoms with van der Waals surface area (Å²) in [5.41, 5.74) is 2.51. The number of furan rings is 1. The van der Waals surface area contributed by atoms with Crippen molar-refractivity contribution in [3.8, 4) is 0 Å². The van der Waals surface area contributed by atoms with Gasteiger partial charge in [0.1, 0.15) is 0 Å². The number of amides is 1. The summed E-state index contributed by atoms with van der Waals surface area (Å²) >= 11 is 0. The SMILES string of the molecule is CC1Cc2ccccc2N1c1cnnc(N2CCN(C(=O)c3ccco3)CC2)n1. The second kappa shape index (κ2) is 7.20. The Kier molecular flexibility index (Phi) is 4.38. The predicted octanol–water partition coefficient (Wildman–Crippen LogP) is 2.51. The van der Waals surface area contributed by atoms with Gasteiger partial charge < -0.3 is 19.1 Å². The summed E-state index contributed by atoms with van der Waals surface area (Å²) in [7, 11) is 0. The van der Waals surface area contributed by atoms with Crippen molar-refractivity contribution in [2.24, 2.45) is 0 Å². The molecular weight excluding hydrogens is 368 g/mol. The Hall–Kier alpha value is -3.42. The molecule has 29 heavy (non-hydrogen) atoms. The normalized spacial score (nSPS) is 18.8. The zero-order chi connectivity index (χ0) is 19.8. The Morgan fingerprint density at radius 1 is 1.10 bits per heavy atom. The van der Waals surface area contributed by atoms with Gasteiger partial charge in [0.05, 0.1) is 12.5 Å². The third-order valence-corrected chi connectivity index (χ3v) is 5.57. The van der Waals surface area contributed by atoms with Crippen molar-refractivity contribution in [3.05, 3.63) is 60.2 Å². The van der Waals surface area contributed by atoms with E-state index in [1.165, 1.54) is 17.5 Å². The average molecular weight is 390 g/mol. The summed E-state index contributed by atoms with van der Waals surface area (Å²) in [6.45, 7) is 4.69. The number of anilines is 3. The van der Waals surface area contributed by atoms with Crippen LogP contribution in [-0.4, -0.2) is 58.2 Å². The highest BCUT2D eigenvalue weighted by atomic mass is 16.3. The number of nitrogens with zero attached hydrogens (tertiary/aromatic N) is 6. The molecule has 0 spiro atoms. The van der Waals surface area contributed by atoms with Crippen LogP contribution in [-0.2, 0) is 6.42 Å². The summed E-state index contributed by atoms with van der Waals surface area (Å²) < 4.78 is 5.23. The number of para-hydroxylation sites is 1. The molecule has 2 aromatic heterocycles. The molecule has 0 N–H and O–H groups in total. The lowest BCUT2D eigenvalue weighted by Gasteiger charge is -2.34. The number of piperazine rings is 1. The maximum atomic E-state index is 12.4. The number of benzene rings is 1. The van der Waals surface area contributed by atoms with E-state index in [0.717, 1.165) is 12.2 Å². The van der Waals surface area contributed by atoms with E-state index < -0.39 is 0 Å². The first-order valence-corrected chi connectivity index (χ1v) is 9.85. The fourth-order valence-corrected chi connectivity index (χ4v) is 4.12. The fraction of sp³-hybridized carbons (Fsp3) is 0.333. The standard InChI is InChI=1S/C21H22N6O2/c1-15-13-16-5-2-3-6-17(16)27(15)19-14-22-24-21(23-19)26-10-8-25(9-11-26)20(28)18-7-4-12-29-18/h2-7,12,14-15H,8-11,13H2,1H3. The number of carbonyl (C=O) groups is 1. The second-order valence-corrected chi connectivity index (χ2v) is 7.42. The number of fused-ring (bicyclic) bond motifs is 1. The first-order valence-electron chi connectivity index (χ1n) is 9.85. The molecule has 8 nitrogen and oxygen atoms in total. The van der Waals surface area contributed by atoms with Gasteiger partial charge in [-0.25, -0.2) is 0 Å². The quantitative estimate of drug-likeness (QED) is 0.680. The molecule has 1 fully saturated rings. The van der Waals surface area contributed by atoms with Crippen LogP contribution in [0.1, 0.15) is 23.0 Å². The van der Waals surface area contributed by atoms with E-state index in [0.29, 0.717) is 43.9 Å². The zero-order valence-electron chi connectivity index (χ0n) is 16.2. The highest BCUT2D eigenvalue weighted by Crippen LogP contribution is 2.37. The van der Waals surface area contributed by atoms with Crippen LogP contribution in [0, 0.1) is 0 Å². The van der Waals surface area contributed by atoms with Gasteiger partial charge in [0, 0.05) is 37.9 Å². The van der Waals surface area contributed by atoms with Crippen molar-refractivity contribution >= 4 is 23.4 Å². The minimum absolute atomic E-state index is 0.0788. The van der Waals surface area contributed by atoms with Gasteiger partial charge in [0.15, 0.2) is 11.6 Å². The Labute approximate surface area is 168 Å². The Bertz CT molecular complexity index is 1010. The minimum atomic E-state index is -0.0788. The van der Waals surface area contributed by atoms with Gasteiger partial charge in [-0.2, -0.15) is 10.1 Å². The molecule has 1 amide bonds. The third-order valence-electron chi connectivity index (χ3n) is 5.57. The molecule has 8 heteroatoms. The average Bonchev–Trinajstić information content (AvgIpc) is 3.41. The maximum absolute atomic E-state index is 12.4. The van der Waals surface area contributed by atoms with E-state index in [1.54, 1.807) is 23.2 Å². The van der Waals surface area contributed by atoms with Crippen LogP contribution >= 0.6 is 0 Å². The largest absolute Gasteiger partial charge is 0.459 e. The Balaban J connectivity index is 1.32. The van der Waals surface area contributed by atoms with E-state index in [1.807, 2.05) is 0 Å². The molecular formula is C21H22N6O2. The third kappa shape index (κ3) is 3.20. The van der Waals surface area contributed by atoms with Crippen LogP contribution in [0.25, 0.3) is 0 Å². The number of hydrogen-bond acceptors (Lipinski definition) is 7. The van der Waals surface area contributed by atoms with Crippen LogP contribution in [0.2, 0.25) is 0 Å². The lowest BCUT2D eigenvalue weighted by molar-refractivity contribution is 0.0714. The van der Waals surface area contributed by atoms with Gasteiger partial charge in [-0.05, 0) is 37.1 Å². The van der Waals surface area contributed by atoms with Crippen molar-refractivity contribution in [1.29, 1.82) is 0 Å². The van der Waals surface area contributed by atoms with Gasteiger partial charge in [0.2, 0.25) is 5.95 Å². The van der Waals surface area contributed by atoms with E-state index in [-0.39, 0.29) is 5.91 Å². The minimum Gasteiger partial charge on any atom is -0.459 e. The van der Waals surface area contributed by atoms with Crippen LogP contribution in [0.4, 0.5) is 17.5 Å². The lowest BCUT2D eigenvalue weighted by atomic mass is 10.1. The highest BCUT2D eigenvalue weighted by molar-refractivity contribution is 5.91. The monoisotopic (exact) mass is 390 g/mol. The molecule has 2 aliphatic heterocycles. The Morgan fingerprint density at radius 2 is 1.93 bits per heavy atom. The fourth-order valence-electron chi connectivity index (χ4n) is 4.12. The molecule has 1 aromatic carbocycles. The van der Waals surface area contributed by atoms with E-state index >= 15 is 0 Å². The summed E-state index contributed by atoms with van der Waals surface area (Å²) in [5, 5.41) is 8.47. The van der Waals surface area contributed by atoms with Crippen molar-refractivity contribution in [2.45, 2.75) is 19.4 Å².